The fourth-order valence-electron chi connectivity index (χ4n) is 3.25. The quantitative estimate of drug-likeness (QED) is 0.623. The Balaban J connectivity index is 2.35. The van der Waals surface area contributed by atoms with Crippen LogP contribution in [0.3, 0.4) is 0 Å². The number of hydrogen-bond acceptors (Lipinski definition) is 3. The van der Waals surface area contributed by atoms with Crippen LogP contribution in [0.4, 0.5) is 5.69 Å². The first kappa shape index (κ1) is 18.7. The number of aliphatic hydroxyl groups is 1. The van der Waals surface area contributed by atoms with Crippen LogP contribution < -0.4 is 5.32 Å². The largest absolute Gasteiger partial charge is 0.395 e. The summed E-state index contributed by atoms with van der Waals surface area (Å²) in [4.78, 5) is 4.89. The zero-order chi connectivity index (χ0) is 19.1. The van der Waals surface area contributed by atoms with E-state index in [9.17, 15) is 5.11 Å². The maximum atomic E-state index is 9.36. The van der Waals surface area contributed by atoms with Gasteiger partial charge in [0.05, 0.1) is 23.3 Å². The molecule has 0 amide bonds. The van der Waals surface area contributed by atoms with E-state index in [2.05, 4.69) is 83.3 Å². The van der Waals surface area contributed by atoms with Gasteiger partial charge in [0.2, 0.25) is 0 Å². The Morgan fingerprint density at radius 1 is 0.808 bits per heavy atom. The van der Waals surface area contributed by atoms with Crippen molar-refractivity contribution in [2.75, 3.05) is 18.5 Å². The zero-order valence-electron chi connectivity index (χ0n) is 16.8. The summed E-state index contributed by atoms with van der Waals surface area (Å²) in [5.74, 6) is 0. The van der Waals surface area contributed by atoms with Crippen LogP contribution in [0.25, 0.3) is 21.8 Å². The van der Waals surface area contributed by atoms with Crippen LogP contribution >= 0.6 is 0 Å². The van der Waals surface area contributed by atoms with E-state index in [1.807, 2.05) is 0 Å². The molecule has 138 valence electrons. The highest BCUT2D eigenvalue weighted by atomic mass is 16.3. The first-order valence-electron chi connectivity index (χ1n) is 9.34. The van der Waals surface area contributed by atoms with Gasteiger partial charge in [-0.25, -0.2) is 4.98 Å². The summed E-state index contributed by atoms with van der Waals surface area (Å²) < 4.78 is 0. The topological polar surface area (TPSA) is 45.2 Å². The SMILES string of the molecule is CC(C)(C)c1ccc2nc3ccc(C(C)(C)C)cc3c(NCCO)c2c1. The summed E-state index contributed by atoms with van der Waals surface area (Å²) in [6, 6.07) is 13.0. The van der Waals surface area contributed by atoms with Gasteiger partial charge in [-0.3, -0.25) is 0 Å². The summed E-state index contributed by atoms with van der Waals surface area (Å²) in [6.07, 6.45) is 0. The molecular weight excluding hydrogens is 320 g/mol. The van der Waals surface area contributed by atoms with Crippen LogP contribution in [-0.4, -0.2) is 23.2 Å². The van der Waals surface area contributed by atoms with Gasteiger partial charge in [0, 0.05) is 17.3 Å². The molecule has 3 heteroatoms. The Hall–Kier alpha value is -2.13. The number of hydrogen-bond donors (Lipinski definition) is 2. The number of nitrogens with zero attached hydrogens (tertiary/aromatic N) is 1. The molecule has 0 spiro atoms. The van der Waals surface area contributed by atoms with Crippen molar-refractivity contribution >= 4 is 27.5 Å². The molecule has 0 aliphatic heterocycles. The van der Waals surface area contributed by atoms with E-state index in [4.69, 9.17) is 4.98 Å². The molecule has 2 N–H and O–H groups in total. The van der Waals surface area contributed by atoms with Crippen molar-refractivity contribution in [1.29, 1.82) is 0 Å². The summed E-state index contributed by atoms with van der Waals surface area (Å²) >= 11 is 0. The molecule has 0 bridgehead atoms. The van der Waals surface area contributed by atoms with Gasteiger partial charge in [0.1, 0.15) is 0 Å². The molecule has 0 atom stereocenters. The maximum Gasteiger partial charge on any atom is 0.0730 e. The van der Waals surface area contributed by atoms with Crippen molar-refractivity contribution < 1.29 is 5.11 Å². The van der Waals surface area contributed by atoms with Gasteiger partial charge < -0.3 is 10.4 Å². The molecule has 3 nitrogen and oxygen atoms in total. The number of pyridine rings is 1. The summed E-state index contributed by atoms with van der Waals surface area (Å²) in [7, 11) is 0. The van der Waals surface area contributed by atoms with Gasteiger partial charge >= 0.3 is 0 Å². The van der Waals surface area contributed by atoms with Crippen molar-refractivity contribution in [3.8, 4) is 0 Å². The average Bonchev–Trinajstić information content (AvgIpc) is 2.56. The normalized spacial score (nSPS) is 12.7. The predicted molar refractivity (Wildman–Crippen MR) is 112 cm³/mol. The van der Waals surface area contributed by atoms with Crippen LogP contribution in [0.5, 0.6) is 0 Å². The molecule has 0 radical (unpaired) electrons. The Morgan fingerprint density at radius 2 is 1.27 bits per heavy atom. The number of rotatable bonds is 3. The second kappa shape index (κ2) is 6.55. The molecule has 26 heavy (non-hydrogen) atoms. The van der Waals surface area contributed by atoms with Crippen molar-refractivity contribution in [1.82, 2.24) is 4.98 Å². The molecule has 0 saturated heterocycles. The van der Waals surface area contributed by atoms with Crippen molar-refractivity contribution in [2.24, 2.45) is 0 Å². The third-order valence-corrected chi connectivity index (χ3v) is 4.92. The Morgan fingerprint density at radius 3 is 1.65 bits per heavy atom. The second-order valence-electron chi connectivity index (χ2n) is 9.10. The predicted octanol–water partition coefficient (Wildman–Crippen LogP) is 5.39. The lowest BCUT2D eigenvalue weighted by atomic mass is 9.85. The minimum absolute atomic E-state index is 0.0741. The Labute approximate surface area is 156 Å². The van der Waals surface area contributed by atoms with Crippen LogP contribution in [0, 0.1) is 0 Å². The number of nitrogens with one attached hydrogen (secondary N) is 1. The van der Waals surface area contributed by atoms with E-state index in [-0.39, 0.29) is 17.4 Å². The molecule has 0 unspecified atom stereocenters. The molecule has 0 saturated carbocycles. The average molecular weight is 351 g/mol. The highest BCUT2D eigenvalue weighted by molar-refractivity contribution is 6.07. The second-order valence-corrected chi connectivity index (χ2v) is 9.10. The first-order valence-corrected chi connectivity index (χ1v) is 9.34. The van der Waals surface area contributed by atoms with Crippen molar-refractivity contribution in [2.45, 2.75) is 52.4 Å². The summed E-state index contributed by atoms with van der Waals surface area (Å²) in [5, 5.41) is 15.0. The smallest absolute Gasteiger partial charge is 0.0730 e. The first-order chi connectivity index (χ1) is 12.1. The number of aromatic nitrogens is 1. The highest BCUT2D eigenvalue weighted by Gasteiger charge is 2.19. The van der Waals surface area contributed by atoms with Gasteiger partial charge in [-0.15, -0.1) is 0 Å². The minimum Gasteiger partial charge on any atom is -0.395 e. The van der Waals surface area contributed by atoms with Crippen LogP contribution in [0.2, 0.25) is 0 Å². The molecule has 1 heterocycles. The fraction of sp³-hybridized carbons (Fsp3) is 0.435. The monoisotopic (exact) mass is 350 g/mol. The lowest BCUT2D eigenvalue weighted by Gasteiger charge is -2.22. The van der Waals surface area contributed by atoms with E-state index in [0.29, 0.717) is 6.54 Å². The lowest BCUT2D eigenvalue weighted by molar-refractivity contribution is 0.311. The van der Waals surface area contributed by atoms with Crippen LogP contribution in [0.1, 0.15) is 52.7 Å². The number of benzene rings is 2. The van der Waals surface area contributed by atoms with Crippen molar-refractivity contribution in [3.05, 3.63) is 47.5 Å². The molecule has 0 aliphatic carbocycles. The van der Waals surface area contributed by atoms with Gasteiger partial charge in [-0.2, -0.15) is 0 Å². The lowest BCUT2D eigenvalue weighted by Crippen LogP contribution is -2.13. The summed E-state index contributed by atoms with van der Waals surface area (Å²) in [5.41, 5.74) is 5.74. The standard InChI is InChI=1S/C23H30N2O/c1-22(2,3)15-7-9-19-17(13-15)21(24-11-12-26)18-14-16(23(4,5)6)8-10-20(18)25-19/h7-10,13-14,26H,11-12H2,1-6H3,(H,24,25). The molecule has 1 aromatic heterocycles. The van der Waals surface area contributed by atoms with Gasteiger partial charge in [-0.05, 0) is 46.2 Å². The number of fused-ring (bicyclic) bond motifs is 2. The number of aliphatic hydroxyl groups excluding tert-OH is 1. The maximum absolute atomic E-state index is 9.36. The Kier molecular flexibility index (Phi) is 4.70. The van der Waals surface area contributed by atoms with Crippen molar-refractivity contribution in [3.63, 3.8) is 0 Å². The van der Waals surface area contributed by atoms with Crippen LogP contribution in [0.15, 0.2) is 36.4 Å². The third-order valence-electron chi connectivity index (χ3n) is 4.92. The zero-order valence-corrected chi connectivity index (χ0v) is 16.8. The molecule has 3 rings (SSSR count). The van der Waals surface area contributed by atoms with E-state index < -0.39 is 0 Å². The van der Waals surface area contributed by atoms with E-state index in [1.165, 1.54) is 11.1 Å². The minimum atomic E-state index is 0.0741. The molecular formula is C23H30N2O. The van der Waals surface area contributed by atoms with E-state index in [1.54, 1.807) is 0 Å². The molecule has 0 aliphatic rings. The number of anilines is 1. The molecule has 0 fully saturated rings. The van der Waals surface area contributed by atoms with Gasteiger partial charge in [-0.1, -0.05) is 53.7 Å². The van der Waals surface area contributed by atoms with E-state index in [0.717, 1.165) is 27.5 Å². The molecule has 3 aromatic rings. The fourth-order valence-corrected chi connectivity index (χ4v) is 3.25. The molecule has 2 aromatic carbocycles. The van der Waals surface area contributed by atoms with Crippen LogP contribution in [-0.2, 0) is 10.8 Å². The van der Waals surface area contributed by atoms with E-state index >= 15 is 0 Å². The van der Waals surface area contributed by atoms with Gasteiger partial charge in [0.15, 0.2) is 0 Å². The highest BCUT2D eigenvalue weighted by Crippen LogP contribution is 2.36. The Bertz CT molecular complexity index is 874. The summed E-state index contributed by atoms with van der Waals surface area (Å²) in [6.45, 7) is 14.0. The van der Waals surface area contributed by atoms with Gasteiger partial charge in [0.25, 0.3) is 0 Å². The third kappa shape index (κ3) is 3.54.